The summed E-state index contributed by atoms with van der Waals surface area (Å²) in [5, 5.41) is 0. The molecule has 0 spiro atoms. The molecule has 0 fully saturated rings. The minimum atomic E-state index is 0. The van der Waals surface area contributed by atoms with E-state index in [4.69, 9.17) is 0 Å². The highest BCUT2D eigenvalue weighted by Gasteiger charge is 2.08. The summed E-state index contributed by atoms with van der Waals surface area (Å²) in [7, 11) is 0. The van der Waals surface area contributed by atoms with Crippen LogP contribution in [0.3, 0.4) is 0 Å². The average Bonchev–Trinajstić information content (AvgIpc) is 2.05. The fraction of sp³-hybridized carbons (Fsp3) is 0.545. The van der Waals surface area contributed by atoms with Gasteiger partial charge in [-0.2, -0.15) is 0 Å². The number of pyridine rings is 1. The summed E-state index contributed by atoms with van der Waals surface area (Å²) >= 11 is 0. The summed E-state index contributed by atoms with van der Waals surface area (Å²) in [5.74, 6) is 0. The summed E-state index contributed by atoms with van der Waals surface area (Å²) in [5.41, 5.74) is 2.88. The molecule has 0 amide bonds. The number of rotatable bonds is 3. The Bertz CT molecular complexity index is 258. The van der Waals surface area contributed by atoms with E-state index in [0.29, 0.717) is 0 Å². The van der Waals surface area contributed by atoms with Gasteiger partial charge in [-0.05, 0) is 13.0 Å². The van der Waals surface area contributed by atoms with Crippen molar-refractivity contribution in [3.8, 4) is 0 Å². The second kappa shape index (κ2) is 6.14. The van der Waals surface area contributed by atoms with E-state index in [9.17, 15) is 0 Å². The van der Waals surface area contributed by atoms with Crippen LogP contribution in [0.5, 0.6) is 0 Å². The lowest BCUT2D eigenvalue weighted by Gasteiger charge is -2.02. The van der Waals surface area contributed by atoms with Gasteiger partial charge in [0.15, 0.2) is 11.9 Å². The Morgan fingerprint density at radius 1 is 1.31 bits per heavy atom. The van der Waals surface area contributed by atoms with Crippen LogP contribution in [0.4, 0.5) is 0 Å². The molecule has 0 saturated heterocycles. The highest BCUT2D eigenvalue weighted by molar-refractivity contribution is 5.12. The van der Waals surface area contributed by atoms with Gasteiger partial charge in [0.25, 0.3) is 0 Å². The van der Waals surface area contributed by atoms with Crippen molar-refractivity contribution in [1.82, 2.24) is 0 Å². The average molecular weight is 244 g/mol. The Hall–Kier alpha value is -0.370. The van der Waals surface area contributed by atoms with E-state index in [2.05, 4.69) is 43.7 Å². The zero-order valence-corrected chi connectivity index (χ0v) is 10.3. The topological polar surface area (TPSA) is 3.88 Å². The summed E-state index contributed by atoms with van der Waals surface area (Å²) in [6.45, 7) is 7.76. The normalized spacial score (nSPS) is 9.46. The predicted molar refractivity (Wildman–Crippen MR) is 51.0 cm³/mol. The maximum Gasteiger partial charge on any atom is 0.183 e. The zero-order chi connectivity index (χ0) is 8.97. The maximum absolute atomic E-state index is 2.36. The van der Waals surface area contributed by atoms with E-state index >= 15 is 0 Å². The van der Waals surface area contributed by atoms with Gasteiger partial charge >= 0.3 is 0 Å². The molecule has 0 radical (unpaired) electrons. The highest BCUT2D eigenvalue weighted by Crippen LogP contribution is 2.01. The van der Waals surface area contributed by atoms with Crippen molar-refractivity contribution in [3.63, 3.8) is 0 Å². The van der Waals surface area contributed by atoms with Gasteiger partial charge in [-0.25, -0.2) is 4.57 Å². The first-order chi connectivity index (χ1) is 5.79. The number of hydrogen-bond acceptors (Lipinski definition) is 0. The minimum Gasteiger partial charge on any atom is -1.00 e. The third-order valence-electron chi connectivity index (χ3n) is 2.21. The molecular weight excluding hydrogens is 226 g/mol. The van der Waals surface area contributed by atoms with Gasteiger partial charge in [0.2, 0.25) is 0 Å². The summed E-state index contributed by atoms with van der Waals surface area (Å²) in [6.07, 6.45) is 4.52. The first-order valence-electron chi connectivity index (χ1n) is 4.77. The first-order valence-corrected chi connectivity index (χ1v) is 4.77. The highest BCUT2D eigenvalue weighted by atomic mass is 79.9. The lowest BCUT2D eigenvalue weighted by atomic mass is 10.1. The van der Waals surface area contributed by atoms with Crippen molar-refractivity contribution in [2.24, 2.45) is 0 Å². The largest absolute Gasteiger partial charge is 1.00 e. The fourth-order valence-electron chi connectivity index (χ4n) is 1.64. The molecule has 0 bridgehead atoms. The van der Waals surface area contributed by atoms with Gasteiger partial charge in [0.1, 0.15) is 6.54 Å². The first kappa shape index (κ1) is 12.6. The van der Waals surface area contributed by atoms with Gasteiger partial charge < -0.3 is 17.0 Å². The number of hydrogen-bond donors (Lipinski definition) is 0. The molecule has 1 heterocycles. The van der Waals surface area contributed by atoms with Crippen molar-refractivity contribution in [2.75, 3.05) is 0 Å². The monoisotopic (exact) mass is 243 g/mol. The van der Waals surface area contributed by atoms with E-state index in [1.54, 1.807) is 0 Å². The van der Waals surface area contributed by atoms with Crippen molar-refractivity contribution < 1.29 is 21.5 Å². The molecule has 1 aromatic rings. The molecule has 0 atom stereocenters. The maximum atomic E-state index is 2.36. The van der Waals surface area contributed by atoms with Gasteiger partial charge in [0, 0.05) is 24.5 Å². The SMILES string of the molecule is CCC[n+]1cccc(C)c1CC.[Br-]. The summed E-state index contributed by atoms with van der Waals surface area (Å²) in [4.78, 5) is 0. The molecular formula is C11H18BrN. The van der Waals surface area contributed by atoms with Crippen molar-refractivity contribution in [2.45, 2.75) is 40.2 Å². The second-order valence-corrected chi connectivity index (χ2v) is 3.18. The Labute approximate surface area is 91.6 Å². The molecule has 0 aromatic carbocycles. The molecule has 1 rings (SSSR count). The molecule has 2 heteroatoms. The van der Waals surface area contributed by atoms with Crippen LogP contribution >= 0.6 is 0 Å². The molecule has 13 heavy (non-hydrogen) atoms. The Balaban J connectivity index is 0.00000144. The Kier molecular flexibility index (Phi) is 5.97. The van der Waals surface area contributed by atoms with E-state index < -0.39 is 0 Å². The number of halogens is 1. The van der Waals surface area contributed by atoms with Gasteiger partial charge in [-0.3, -0.25) is 0 Å². The lowest BCUT2D eigenvalue weighted by molar-refractivity contribution is -0.704. The third kappa shape index (κ3) is 3.11. The molecule has 1 aromatic heterocycles. The van der Waals surface area contributed by atoms with Crippen LogP contribution in [-0.4, -0.2) is 0 Å². The molecule has 0 unspecified atom stereocenters. The summed E-state index contributed by atoms with van der Waals surface area (Å²) in [6, 6.07) is 4.31. The van der Waals surface area contributed by atoms with Gasteiger partial charge in [0.05, 0.1) is 0 Å². The standard InChI is InChI=1S/C11H18N.BrH/c1-4-8-12-9-6-7-10(3)11(12)5-2;/h6-7,9H,4-5,8H2,1-3H3;1H/q+1;/p-1. The van der Waals surface area contributed by atoms with Crippen LogP contribution in [0.15, 0.2) is 18.3 Å². The van der Waals surface area contributed by atoms with Crippen LogP contribution in [0.1, 0.15) is 31.5 Å². The molecule has 0 saturated carbocycles. The zero-order valence-electron chi connectivity index (χ0n) is 8.68. The molecule has 0 aliphatic carbocycles. The second-order valence-electron chi connectivity index (χ2n) is 3.18. The number of aromatic nitrogens is 1. The lowest BCUT2D eigenvalue weighted by Crippen LogP contribution is -3.00. The predicted octanol–water partition coefficient (Wildman–Crippen LogP) is -0.741. The quantitative estimate of drug-likeness (QED) is 0.617. The van der Waals surface area contributed by atoms with E-state index in [0.717, 1.165) is 13.0 Å². The van der Waals surface area contributed by atoms with Crippen LogP contribution in [0, 0.1) is 6.92 Å². The van der Waals surface area contributed by atoms with Crippen LogP contribution < -0.4 is 21.5 Å². The molecule has 0 aliphatic heterocycles. The van der Waals surface area contributed by atoms with Gasteiger partial charge in [-0.1, -0.05) is 13.8 Å². The third-order valence-corrected chi connectivity index (χ3v) is 2.21. The van der Waals surface area contributed by atoms with Crippen molar-refractivity contribution in [1.29, 1.82) is 0 Å². The smallest absolute Gasteiger partial charge is 0.183 e. The van der Waals surface area contributed by atoms with Crippen molar-refractivity contribution >= 4 is 0 Å². The molecule has 0 aliphatic rings. The van der Waals surface area contributed by atoms with E-state index in [1.807, 2.05) is 0 Å². The Morgan fingerprint density at radius 3 is 2.54 bits per heavy atom. The Morgan fingerprint density at radius 2 is 2.00 bits per heavy atom. The van der Waals surface area contributed by atoms with Crippen LogP contribution in [0.25, 0.3) is 0 Å². The van der Waals surface area contributed by atoms with Crippen LogP contribution in [-0.2, 0) is 13.0 Å². The van der Waals surface area contributed by atoms with Crippen molar-refractivity contribution in [3.05, 3.63) is 29.6 Å². The molecule has 74 valence electrons. The summed E-state index contributed by atoms with van der Waals surface area (Å²) < 4.78 is 2.36. The minimum absolute atomic E-state index is 0. The fourth-order valence-corrected chi connectivity index (χ4v) is 1.64. The van der Waals surface area contributed by atoms with Gasteiger partial charge in [-0.15, -0.1) is 0 Å². The molecule has 1 nitrogen and oxygen atoms in total. The van der Waals surface area contributed by atoms with E-state index in [-0.39, 0.29) is 17.0 Å². The van der Waals surface area contributed by atoms with Crippen LogP contribution in [0.2, 0.25) is 0 Å². The number of aryl methyl sites for hydroxylation is 2. The molecule has 0 N–H and O–H groups in total. The van der Waals surface area contributed by atoms with E-state index in [1.165, 1.54) is 17.7 Å². The number of nitrogens with zero attached hydrogens (tertiary/aromatic N) is 1.